The number of allylic oxidation sites excluding steroid dienone is 1. The van der Waals surface area contributed by atoms with E-state index in [1.807, 2.05) is 36.4 Å². The molecule has 0 amide bonds. The van der Waals surface area contributed by atoms with Crippen LogP contribution in [-0.4, -0.2) is 11.1 Å². The first-order valence-corrected chi connectivity index (χ1v) is 5.70. The lowest BCUT2D eigenvalue weighted by molar-refractivity contribution is -0.137. The van der Waals surface area contributed by atoms with Gasteiger partial charge in [-0.15, -0.1) is 0 Å². The van der Waals surface area contributed by atoms with Gasteiger partial charge in [-0.1, -0.05) is 62.2 Å². The van der Waals surface area contributed by atoms with E-state index >= 15 is 0 Å². The van der Waals surface area contributed by atoms with Crippen molar-refractivity contribution in [2.24, 2.45) is 0 Å². The molecule has 16 heavy (non-hydrogen) atoms. The van der Waals surface area contributed by atoms with Gasteiger partial charge in [0.2, 0.25) is 0 Å². The quantitative estimate of drug-likeness (QED) is 0.585. The second-order valence-corrected chi connectivity index (χ2v) is 3.80. The normalized spacial score (nSPS) is 12.8. The molecule has 1 N–H and O–H groups in total. The van der Waals surface area contributed by atoms with Crippen LogP contribution < -0.4 is 0 Å². The first kappa shape index (κ1) is 12.5. The molecule has 86 valence electrons. The Bertz CT molecular complexity index is 341. The van der Waals surface area contributed by atoms with E-state index in [-0.39, 0.29) is 0 Å². The van der Waals surface area contributed by atoms with Crippen molar-refractivity contribution in [3.63, 3.8) is 0 Å². The molecule has 0 saturated carbocycles. The molecule has 0 aliphatic rings. The molecule has 0 fully saturated rings. The van der Waals surface area contributed by atoms with E-state index in [2.05, 4.69) is 6.92 Å². The highest BCUT2D eigenvalue weighted by Gasteiger charge is 2.15. The zero-order valence-corrected chi connectivity index (χ0v) is 9.60. The predicted molar refractivity (Wildman–Crippen MR) is 65.5 cm³/mol. The molecule has 1 aromatic carbocycles. The summed E-state index contributed by atoms with van der Waals surface area (Å²) in [5.41, 5.74) is 0.836. The summed E-state index contributed by atoms with van der Waals surface area (Å²) in [7, 11) is 0. The number of aliphatic carboxylic acids is 1. The lowest BCUT2D eigenvalue weighted by Crippen LogP contribution is -2.08. The Morgan fingerprint density at radius 2 is 2.06 bits per heavy atom. The van der Waals surface area contributed by atoms with Crippen LogP contribution in [0.15, 0.2) is 42.5 Å². The van der Waals surface area contributed by atoms with Crippen LogP contribution in [0.5, 0.6) is 0 Å². The summed E-state index contributed by atoms with van der Waals surface area (Å²) in [4.78, 5) is 11.1. The van der Waals surface area contributed by atoms with Crippen molar-refractivity contribution in [2.45, 2.75) is 32.1 Å². The molecule has 1 aromatic rings. The van der Waals surface area contributed by atoms with Crippen molar-refractivity contribution >= 4 is 5.97 Å². The molecule has 1 rings (SSSR count). The number of rotatable bonds is 6. The fourth-order valence-electron chi connectivity index (χ4n) is 1.55. The van der Waals surface area contributed by atoms with E-state index in [9.17, 15) is 4.79 Å². The number of hydrogen-bond donors (Lipinski definition) is 1. The number of carbonyl (C=O) groups is 1. The predicted octanol–water partition coefficient (Wildman–Crippen LogP) is 3.60. The van der Waals surface area contributed by atoms with Crippen molar-refractivity contribution in [2.75, 3.05) is 0 Å². The molecule has 0 radical (unpaired) electrons. The second-order valence-electron chi connectivity index (χ2n) is 3.80. The molecule has 2 nitrogen and oxygen atoms in total. The average Bonchev–Trinajstić information content (AvgIpc) is 2.30. The molecule has 0 spiro atoms. The van der Waals surface area contributed by atoms with Crippen LogP contribution in [0, 0.1) is 0 Å². The fourth-order valence-corrected chi connectivity index (χ4v) is 1.55. The zero-order valence-electron chi connectivity index (χ0n) is 9.60. The Morgan fingerprint density at radius 3 is 2.62 bits per heavy atom. The highest BCUT2D eigenvalue weighted by atomic mass is 16.4. The number of unbranched alkanes of at least 4 members (excludes halogenated alkanes) is 2. The van der Waals surface area contributed by atoms with Gasteiger partial charge in [0.1, 0.15) is 0 Å². The molecule has 0 aliphatic heterocycles. The van der Waals surface area contributed by atoms with Crippen LogP contribution in [-0.2, 0) is 4.79 Å². The lowest BCUT2D eigenvalue weighted by Gasteiger charge is -2.07. The molecule has 0 heterocycles. The molecular weight excluding hydrogens is 200 g/mol. The van der Waals surface area contributed by atoms with Crippen LogP contribution in [0.2, 0.25) is 0 Å². The molecule has 1 atom stereocenters. The summed E-state index contributed by atoms with van der Waals surface area (Å²) in [5.74, 6) is -1.31. The van der Waals surface area contributed by atoms with Gasteiger partial charge in [0.25, 0.3) is 0 Å². The molecule has 0 aliphatic carbocycles. The lowest BCUT2D eigenvalue weighted by atomic mass is 9.98. The van der Waals surface area contributed by atoms with Crippen molar-refractivity contribution in [1.29, 1.82) is 0 Å². The first-order chi connectivity index (χ1) is 7.75. The Balaban J connectivity index is 2.69. The number of carboxylic acids is 1. The zero-order chi connectivity index (χ0) is 11.8. The van der Waals surface area contributed by atoms with E-state index in [1.165, 1.54) is 0 Å². The smallest absolute Gasteiger partial charge is 0.314 e. The standard InChI is InChI=1S/C14H18O2/c1-2-3-4-8-11-13(14(15)16)12-9-6-5-7-10-12/h5-11,13H,2-4H2,1H3,(H,15,16). The largest absolute Gasteiger partial charge is 0.481 e. The van der Waals surface area contributed by atoms with E-state index in [4.69, 9.17) is 5.11 Å². The number of hydrogen-bond acceptors (Lipinski definition) is 1. The van der Waals surface area contributed by atoms with Gasteiger partial charge in [-0.05, 0) is 12.0 Å². The minimum Gasteiger partial charge on any atom is -0.481 e. The summed E-state index contributed by atoms with van der Waals surface area (Å²) in [6, 6.07) is 9.32. The Labute approximate surface area is 96.6 Å². The minimum absolute atomic E-state index is 0.516. The van der Waals surface area contributed by atoms with Gasteiger partial charge < -0.3 is 5.11 Å². The third-order valence-electron chi connectivity index (χ3n) is 2.48. The SMILES string of the molecule is CCCCC=CC(C(=O)O)c1ccccc1. The van der Waals surface area contributed by atoms with Crippen LogP contribution in [0.1, 0.15) is 37.7 Å². The molecule has 0 bridgehead atoms. The molecule has 0 saturated heterocycles. The highest BCUT2D eigenvalue weighted by molar-refractivity contribution is 5.78. The monoisotopic (exact) mass is 218 g/mol. The van der Waals surface area contributed by atoms with Crippen LogP contribution >= 0.6 is 0 Å². The van der Waals surface area contributed by atoms with Gasteiger partial charge in [-0.2, -0.15) is 0 Å². The van der Waals surface area contributed by atoms with Crippen LogP contribution in [0.4, 0.5) is 0 Å². The van der Waals surface area contributed by atoms with Crippen LogP contribution in [0.3, 0.4) is 0 Å². The molecule has 2 heteroatoms. The Kier molecular flexibility index (Phi) is 5.34. The molecule has 1 unspecified atom stereocenters. The Hall–Kier alpha value is -1.57. The fraction of sp³-hybridized carbons (Fsp3) is 0.357. The molecule has 0 aromatic heterocycles. The van der Waals surface area contributed by atoms with Gasteiger partial charge in [0, 0.05) is 0 Å². The summed E-state index contributed by atoms with van der Waals surface area (Å²) < 4.78 is 0. The van der Waals surface area contributed by atoms with Gasteiger partial charge >= 0.3 is 5.97 Å². The maximum Gasteiger partial charge on any atom is 0.314 e. The van der Waals surface area contributed by atoms with E-state index in [1.54, 1.807) is 6.08 Å². The average molecular weight is 218 g/mol. The third kappa shape index (κ3) is 3.89. The van der Waals surface area contributed by atoms with Gasteiger partial charge in [0.05, 0.1) is 5.92 Å². The molecular formula is C14H18O2. The number of carboxylic acid groups (broad SMARTS) is 1. The maximum atomic E-state index is 11.1. The summed E-state index contributed by atoms with van der Waals surface area (Å²) in [5, 5.41) is 9.13. The Morgan fingerprint density at radius 1 is 1.38 bits per heavy atom. The summed E-state index contributed by atoms with van der Waals surface area (Å²) in [6.07, 6.45) is 6.95. The van der Waals surface area contributed by atoms with E-state index in [0.717, 1.165) is 24.8 Å². The first-order valence-electron chi connectivity index (χ1n) is 5.70. The van der Waals surface area contributed by atoms with E-state index in [0.29, 0.717) is 0 Å². The summed E-state index contributed by atoms with van der Waals surface area (Å²) >= 11 is 0. The van der Waals surface area contributed by atoms with Crippen molar-refractivity contribution < 1.29 is 9.90 Å². The van der Waals surface area contributed by atoms with Gasteiger partial charge in [0.15, 0.2) is 0 Å². The maximum absolute atomic E-state index is 11.1. The number of benzene rings is 1. The second kappa shape index (κ2) is 6.83. The van der Waals surface area contributed by atoms with Crippen molar-refractivity contribution in [1.82, 2.24) is 0 Å². The minimum atomic E-state index is -0.793. The van der Waals surface area contributed by atoms with Gasteiger partial charge in [-0.3, -0.25) is 4.79 Å². The van der Waals surface area contributed by atoms with Crippen molar-refractivity contribution in [3.05, 3.63) is 48.0 Å². The van der Waals surface area contributed by atoms with Gasteiger partial charge in [-0.25, -0.2) is 0 Å². The third-order valence-corrected chi connectivity index (χ3v) is 2.48. The van der Waals surface area contributed by atoms with Crippen molar-refractivity contribution in [3.8, 4) is 0 Å². The van der Waals surface area contributed by atoms with Crippen LogP contribution in [0.25, 0.3) is 0 Å². The highest BCUT2D eigenvalue weighted by Crippen LogP contribution is 2.17. The summed E-state index contributed by atoms with van der Waals surface area (Å²) in [6.45, 7) is 2.12. The van der Waals surface area contributed by atoms with E-state index < -0.39 is 11.9 Å². The topological polar surface area (TPSA) is 37.3 Å².